The summed E-state index contributed by atoms with van der Waals surface area (Å²) in [6, 6.07) is 21.3. The van der Waals surface area contributed by atoms with E-state index < -0.39 is 42.3 Å². The Labute approximate surface area is 267 Å². The van der Waals surface area contributed by atoms with Gasteiger partial charge in [0.05, 0.1) is 12.5 Å². The Morgan fingerprint density at radius 2 is 1.57 bits per heavy atom. The van der Waals surface area contributed by atoms with Crippen molar-refractivity contribution in [2.75, 3.05) is 19.8 Å². The normalized spacial score (nSPS) is 12.8. The van der Waals surface area contributed by atoms with Gasteiger partial charge in [0.1, 0.15) is 18.0 Å². The predicted molar refractivity (Wildman–Crippen MR) is 171 cm³/mol. The number of amides is 3. The van der Waals surface area contributed by atoms with Crippen molar-refractivity contribution in [2.45, 2.75) is 51.2 Å². The highest BCUT2D eigenvalue weighted by atomic mass is 16.6. The van der Waals surface area contributed by atoms with Crippen molar-refractivity contribution in [2.24, 2.45) is 5.10 Å². The third-order valence-corrected chi connectivity index (χ3v) is 6.86. The monoisotopic (exact) mass is 630 g/mol. The van der Waals surface area contributed by atoms with Gasteiger partial charge in [-0.3, -0.25) is 4.79 Å². The molecular weight excluding hydrogens is 592 g/mol. The lowest BCUT2D eigenvalue weighted by molar-refractivity contribution is -0.155. The molecule has 0 heterocycles. The van der Waals surface area contributed by atoms with Crippen molar-refractivity contribution >= 4 is 30.3 Å². The molecule has 0 bridgehead atoms. The number of rotatable bonds is 13. The summed E-state index contributed by atoms with van der Waals surface area (Å²) >= 11 is 0. The second-order valence-electron chi connectivity index (χ2n) is 11.6. The molecule has 12 heteroatoms. The lowest BCUT2D eigenvalue weighted by atomic mass is 9.98. The van der Waals surface area contributed by atoms with Gasteiger partial charge in [-0.2, -0.15) is 5.10 Å². The van der Waals surface area contributed by atoms with Gasteiger partial charge in [-0.25, -0.2) is 19.8 Å². The molecular formula is C34H38N4O8. The fourth-order valence-electron chi connectivity index (χ4n) is 4.94. The number of benzene rings is 3. The quantitative estimate of drug-likeness (QED) is 0.121. The number of ether oxygens (including phenoxy) is 3. The van der Waals surface area contributed by atoms with Crippen LogP contribution in [0.5, 0.6) is 5.75 Å². The maximum absolute atomic E-state index is 12.9. The molecule has 1 aliphatic carbocycles. The number of carboxylic acid groups (broad SMARTS) is 1. The maximum Gasteiger partial charge on any atom is 0.407 e. The van der Waals surface area contributed by atoms with E-state index in [2.05, 4.69) is 21.2 Å². The van der Waals surface area contributed by atoms with E-state index >= 15 is 0 Å². The number of aliphatic carboxylic acids is 1. The third kappa shape index (κ3) is 10.1. The first-order valence-corrected chi connectivity index (χ1v) is 14.8. The van der Waals surface area contributed by atoms with Crippen molar-refractivity contribution in [3.63, 3.8) is 0 Å². The second kappa shape index (κ2) is 15.6. The van der Waals surface area contributed by atoms with Gasteiger partial charge in [-0.15, -0.1) is 0 Å². The summed E-state index contributed by atoms with van der Waals surface area (Å²) in [7, 11) is 0. The molecule has 4 rings (SSSR count). The Bertz CT molecular complexity index is 1520. The fraction of sp³-hybridized carbons (Fsp3) is 0.324. The Balaban J connectivity index is 1.29. The van der Waals surface area contributed by atoms with Crippen molar-refractivity contribution in [1.29, 1.82) is 0 Å². The molecule has 1 atom stereocenters. The van der Waals surface area contributed by atoms with Crippen molar-refractivity contribution in [1.82, 2.24) is 16.1 Å². The van der Waals surface area contributed by atoms with Crippen LogP contribution in [0.2, 0.25) is 0 Å². The highest BCUT2D eigenvalue weighted by Crippen LogP contribution is 2.44. The van der Waals surface area contributed by atoms with E-state index in [9.17, 15) is 19.2 Å². The van der Waals surface area contributed by atoms with Gasteiger partial charge in [0.25, 0.3) is 0 Å². The van der Waals surface area contributed by atoms with Gasteiger partial charge in [-0.05, 0) is 67.1 Å². The first-order chi connectivity index (χ1) is 22.0. The molecule has 1 aliphatic rings. The molecule has 242 valence electrons. The maximum atomic E-state index is 12.9. The zero-order valence-electron chi connectivity index (χ0n) is 25.9. The first kappa shape index (κ1) is 33.5. The molecule has 0 radical (unpaired) electrons. The number of hydrazone groups is 1. The average molecular weight is 631 g/mol. The highest BCUT2D eigenvalue weighted by molar-refractivity contribution is 5.83. The molecule has 0 aromatic heterocycles. The molecule has 0 saturated carbocycles. The van der Waals surface area contributed by atoms with E-state index in [1.54, 1.807) is 45.0 Å². The summed E-state index contributed by atoms with van der Waals surface area (Å²) in [5.74, 6) is -1.33. The molecule has 0 spiro atoms. The van der Waals surface area contributed by atoms with E-state index in [-0.39, 0.29) is 25.5 Å². The minimum Gasteiger partial charge on any atom is -0.482 e. The van der Waals surface area contributed by atoms with Crippen LogP contribution in [0.4, 0.5) is 9.59 Å². The molecule has 12 nitrogen and oxygen atoms in total. The number of carbonyl (C=O) groups excluding carboxylic acids is 3. The Morgan fingerprint density at radius 3 is 2.17 bits per heavy atom. The minimum atomic E-state index is -1.06. The SMILES string of the molecule is CC(C)(C)OC(=O)C[C@@H](/C=N/NC(=O)NCCc1ccc(OCC(=O)O)cc1)NC(=O)OCC1c2ccccc2-c2ccccc21. The van der Waals surface area contributed by atoms with Gasteiger partial charge < -0.3 is 30.0 Å². The fourth-order valence-corrected chi connectivity index (χ4v) is 4.94. The molecule has 4 N–H and O–H groups in total. The van der Waals surface area contributed by atoms with Crippen molar-refractivity contribution in [3.8, 4) is 16.9 Å². The summed E-state index contributed by atoms with van der Waals surface area (Å²) in [5.41, 5.74) is 6.85. The topological polar surface area (TPSA) is 165 Å². The molecule has 0 saturated heterocycles. The number of alkyl carbamates (subject to hydrolysis) is 1. The van der Waals surface area contributed by atoms with Crippen molar-refractivity contribution < 1.29 is 38.5 Å². The zero-order valence-corrected chi connectivity index (χ0v) is 25.9. The molecule has 0 fully saturated rings. The Kier molecular flexibility index (Phi) is 11.3. The standard InChI is InChI=1S/C34H38N4O8/c1-34(2,3)46-31(41)18-23(19-36-38-32(42)35-17-16-22-12-14-24(15-13-22)44-21-30(39)40)37-33(43)45-20-29-27-10-6-4-8-25(27)26-9-5-7-11-28(26)29/h4-15,19,23,29H,16-18,20-21H2,1-3H3,(H,37,43)(H,39,40)(H2,35,38,42)/b36-19+/t23-/m0/s1. The van der Waals surface area contributed by atoms with Crippen LogP contribution in [0.15, 0.2) is 77.9 Å². The van der Waals surface area contributed by atoms with Crippen molar-refractivity contribution in [3.05, 3.63) is 89.5 Å². The summed E-state index contributed by atoms with van der Waals surface area (Å²) in [6.07, 6.45) is 0.757. The number of carboxylic acids is 1. The number of fused-ring (bicyclic) bond motifs is 3. The first-order valence-electron chi connectivity index (χ1n) is 14.8. The summed E-state index contributed by atoms with van der Waals surface area (Å²) < 4.78 is 16.1. The smallest absolute Gasteiger partial charge is 0.407 e. The highest BCUT2D eigenvalue weighted by Gasteiger charge is 2.29. The van der Waals surface area contributed by atoms with Crippen LogP contribution < -0.4 is 20.8 Å². The third-order valence-electron chi connectivity index (χ3n) is 6.86. The zero-order chi connectivity index (χ0) is 33.1. The van der Waals surface area contributed by atoms with E-state index in [4.69, 9.17) is 19.3 Å². The number of urea groups is 1. The number of carbonyl (C=O) groups is 4. The van der Waals surface area contributed by atoms with Crippen LogP contribution in [0.3, 0.4) is 0 Å². The number of nitrogens with one attached hydrogen (secondary N) is 3. The van der Waals surface area contributed by atoms with Crippen LogP contribution in [0.25, 0.3) is 11.1 Å². The molecule has 46 heavy (non-hydrogen) atoms. The molecule has 0 aliphatic heterocycles. The lowest BCUT2D eigenvalue weighted by Crippen LogP contribution is -2.41. The average Bonchev–Trinajstić information content (AvgIpc) is 3.32. The van der Waals surface area contributed by atoms with E-state index in [1.165, 1.54) is 6.21 Å². The Hall–Kier alpha value is -5.39. The number of hydrogen-bond donors (Lipinski definition) is 4. The minimum absolute atomic E-state index is 0.0922. The molecule has 3 aromatic rings. The van der Waals surface area contributed by atoms with Gasteiger partial charge in [0.2, 0.25) is 0 Å². The van der Waals surface area contributed by atoms with E-state index in [0.29, 0.717) is 12.2 Å². The van der Waals surface area contributed by atoms with Crippen LogP contribution >= 0.6 is 0 Å². The summed E-state index contributed by atoms with van der Waals surface area (Å²) in [6.45, 7) is 5.16. The van der Waals surface area contributed by atoms with Crippen LogP contribution in [0, 0.1) is 0 Å². The lowest BCUT2D eigenvalue weighted by Gasteiger charge is -2.21. The van der Waals surface area contributed by atoms with Gasteiger partial charge in [0, 0.05) is 18.7 Å². The van der Waals surface area contributed by atoms with Crippen LogP contribution in [-0.4, -0.2) is 66.8 Å². The van der Waals surface area contributed by atoms with E-state index in [0.717, 1.165) is 27.8 Å². The predicted octanol–water partition coefficient (Wildman–Crippen LogP) is 4.62. The van der Waals surface area contributed by atoms with Gasteiger partial charge in [0.15, 0.2) is 6.61 Å². The van der Waals surface area contributed by atoms with E-state index in [1.807, 2.05) is 48.5 Å². The molecule has 3 aromatic carbocycles. The Morgan fingerprint density at radius 1 is 0.935 bits per heavy atom. The van der Waals surface area contributed by atoms with Gasteiger partial charge in [-0.1, -0.05) is 60.7 Å². The van der Waals surface area contributed by atoms with Crippen LogP contribution in [0.1, 0.15) is 49.8 Å². The number of hydrogen-bond acceptors (Lipinski definition) is 8. The second-order valence-corrected chi connectivity index (χ2v) is 11.6. The summed E-state index contributed by atoms with van der Waals surface area (Å²) in [5, 5.41) is 17.9. The largest absolute Gasteiger partial charge is 0.482 e. The molecule has 0 unspecified atom stereocenters. The van der Waals surface area contributed by atoms with Gasteiger partial charge >= 0.3 is 24.1 Å². The number of nitrogens with zero attached hydrogens (tertiary/aromatic N) is 1. The van der Waals surface area contributed by atoms with Crippen LogP contribution in [-0.2, 0) is 25.5 Å². The number of esters is 1. The summed E-state index contributed by atoms with van der Waals surface area (Å²) in [4.78, 5) is 48.3. The molecule has 3 amide bonds.